The Balaban J connectivity index is 1.62. The van der Waals surface area contributed by atoms with Gasteiger partial charge in [0.15, 0.2) is 11.4 Å². The lowest BCUT2D eigenvalue weighted by molar-refractivity contribution is -0.0727. The predicted molar refractivity (Wildman–Crippen MR) is 161 cm³/mol. The molecule has 1 aromatic heterocycles. The van der Waals surface area contributed by atoms with Gasteiger partial charge >= 0.3 is 0 Å². The summed E-state index contributed by atoms with van der Waals surface area (Å²) >= 11 is 0. The molecule has 0 spiro atoms. The predicted octanol–water partition coefficient (Wildman–Crippen LogP) is 3.39. The van der Waals surface area contributed by atoms with Crippen LogP contribution in [-0.4, -0.2) is 57.5 Å². The van der Waals surface area contributed by atoms with Crippen LogP contribution in [0.25, 0.3) is 11.0 Å². The molecule has 2 aromatic rings. The fourth-order valence-electron chi connectivity index (χ4n) is 7.03. The van der Waals surface area contributed by atoms with Gasteiger partial charge in [0.25, 0.3) is 0 Å². The van der Waals surface area contributed by atoms with Gasteiger partial charge in [-0.3, -0.25) is 4.79 Å². The van der Waals surface area contributed by atoms with E-state index in [0.29, 0.717) is 40.4 Å². The molecule has 5 atom stereocenters. The third-order valence-electron chi connectivity index (χ3n) is 8.92. The van der Waals surface area contributed by atoms with Gasteiger partial charge in [0.2, 0.25) is 0 Å². The number of guanidine groups is 1. The lowest BCUT2D eigenvalue weighted by atomic mass is 9.74. The van der Waals surface area contributed by atoms with Gasteiger partial charge in [-0.25, -0.2) is 4.99 Å². The minimum atomic E-state index is -1.17. The van der Waals surface area contributed by atoms with E-state index in [4.69, 9.17) is 25.4 Å². The Kier molecular flexibility index (Phi) is 8.14. The molecule has 0 saturated heterocycles. The summed E-state index contributed by atoms with van der Waals surface area (Å²) in [4.78, 5) is 18.7. The lowest BCUT2D eigenvalue weighted by Gasteiger charge is -2.37. The molecule has 0 amide bonds. The zero-order chi connectivity index (χ0) is 28.9. The van der Waals surface area contributed by atoms with Gasteiger partial charge in [0.1, 0.15) is 40.4 Å². The summed E-state index contributed by atoms with van der Waals surface area (Å²) in [5.74, 6) is 2.00. The van der Waals surface area contributed by atoms with Crippen molar-refractivity contribution in [1.29, 1.82) is 0 Å². The topological polar surface area (TPSA) is 174 Å². The number of hydrogen-bond donors (Lipinski definition) is 5. The van der Waals surface area contributed by atoms with Crippen LogP contribution in [0.5, 0.6) is 11.5 Å². The first kappa shape index (κ1) is 29.0. The maximum Gasteiger partial charge on any atom is 0.200 e. The fourth-order valence-corrected chi connectivity index (χ4v) is 9.32. The third-order valence-corrected chi connectivity index (χ3v) is 11.3. The summed E-state index contributed by atoms with van der Waals surface area (Å²) in [5, 5.41) is 33.0. The van der Waals surface area contributed by atoms with Crippen molar-refractivity contribution in [3.05, 3.63) is 32.7 Å². The number of hydrogen-bond acceptors (Lipinski definition) is 10. The molecule has 5 unspecified atom stereocenters. The third kappa shape index (κ3) is 5.30. The Morgan fingerprint density at radius 3 is 2.71 bits per heavy atom. The second-order valence-corrected chi connectivity index (χ2v) is 14.4. The fraction of sp³-hybridized carbons (Fsp3) is 0.655. The van der Waals surface area contributed by atoms with Crippen molar-refractivity contribution in [2.75, 3.05) is 12.4 Å². The minimum Gasteiger partial charge on any atom is -0.489 e. The highest BCUT2D eigenvalue weighted by Crippen LogP contribution is 2.57. The maximum absolute atomic E-state index is 14.4. The monoisotopic (exact) mass is 605 g/mol. The van der Waals surface area contributed by atoms with E-state index in [9.17, 15) is 20.1 Å². The van der Waals surface area contributed by atoms with Crippen molar-refractivity contribution in [3.63, 3.8) is 0 Å². The van der Waals surface area contributed by atoms with E-state index >= 15 is 0 Å². The Labute approximate surface area is 246 Å². The van der Waals surface area contributed by atoms with Crippen LogP contribution in [0, 0.1) is 0 Å². The summed E-state index contributed by atoms with van der Waals surface area (Å²) in [7, 11) is 3.15. The maximum atomic E-state index is 14.4. The number of benzene rings is 1. The second kappa shape index (κ2) is 11.5. The van der Waals surface area contributed by atoms with Crippen LogP contribution in [0.4, 0.5) is 0 Å². The van der Waals surface area contributed by atoms with Crippen LogP contribution in [-0.2, 0) is 12.2 Å². The highest BCUT2D eigenvalue weighted by Gasteiger charge is 2.51. The van der Waals surface area contributed by atoms with Crippen molar-refractivity contribution >= 4 is 38.5 Å². The smallest absolute Gasteiger partial charge is 0.200 e. The zero-order valence-corrected chi connectivity index (χ0v) is 24.9. The minimum absolute atomic E-state index is 0.0215. The standard InChI is InChI=1S/C29H39N3O7S2/c1-29(36)9-4-7-16-20-24(39-27(16)29)18-13-41-40-12-14(32-28(30)31)11-19(34)23-17(8-10-33)22(35)21(25(18)38-23)26(20)37-15-5-2-3-6-15/h14-16,19,27,33-34,36H,2-13H2,1H3,(H4,30,31,32). The van der Waals surface area contributed by atoms with E-state index in [1.54, 1.807) is 21.6 Å². The molecular weight excluding hydrogens is 566 g/mol. The summed E-state index contributed by atoms with van der Waals surface area (Å²) in [6.07, 6.45) is 4.69. The quantitative estimate of drug-likeness (QED) is 0.192. The first-order chi connectivity index (χ1) is 19.7. The van der Waals surface area contributed by atoms with Crippen LogP contribution < -0.4 is 26.4 Å². The molecule has 41 heavy (non-hydrogen) atoms. The first-order valence-corrected chi connectivity index (χ1v) is 17.0. The zero-order valence-electron chi connectivity index (χ0n) is 23.3. The number of rotatable bonds is 5. The molecule has 4 aliphatic rings. The van der Waals surface area contributed by atoms with Gasteiger partial charge in [-0.15, -0.1) is 0 Å². The summed E-state index contributed by atoms with van der Waals surface area (Å²) in [5.41, 5.74) is 12.1. The van der Waals surface area contributed by atoms with Gasteiger partial charge in [-0.2, -0.15) is 0 Å². The molecule has 3 heterocycles. The number of ether oxygens (including phenoxy) is 2. The number of aliphatic hydroxyl groups excluding tert-OH is 2. The van der Waals surface area contributed by atoms with E-state index in [1.807, 2.05) is 6.92 Å². The largest absolute Gasteiger partial charge is 0.489 e. The van der Waals surface area contributed by atoms with E-state index < -0.39 is 23.9 Å². The van der Waals surface area contributed by atoms with Crippen LogP contribution >= 0.6 is 21.6 Å². The van der Waals surface area contributed by atoms with Crippen molar-refractivity contribution in [2.24, 2.45) is 16.5 Å². The Morgan fingerprint density at radius 1 is 1.20 bits per heavy atom. The summed E-state index contributed by atoms with van der Waals surface area (Å²) < 4.78 is 19.9. The van der Waals surface area contributed by atoms with Crippen LogP contribution in [0.3, 0.4) is 0 Å². The van der Waals surface area contributed by atoms with Gasteiger partial charge in [0.05, 0.1) is 17.7 Å². The number of nitrogens with two attached hydrogens (primary N) is 2. The van der Waals surface area contributed by atoms with Gasteiger partial charge in [0, 0.05) is 53.6 Å². The molecule has 2 fully saturated rings. The van der Waals surface area contributed by atoms with Crippen molar-refractivity contribution in [1.82, 2.24) is 0 Å². The van der Waals surface area contributed by atoms with Gasteiger partial charge in [-0.1, -0.05) is 21.6 Å². The molecular formula is C29H39N3O7S2. The summed E-state index contributed by atoms with van der Waals surface area (Å²) in [6.45, 7) is 1.53. The second-order valence-electron chi connectivity index (χ2n) is 11.9. The number of aliphatic imine (C=N–C) groups is 1. The molecule has 2 saturated carbocycles. The Bertz CT molecular complexity index is 1400. The highest BCUT2D eigenvalue weighted by molar-refractivity contribution is 8.76. The molecule has 6 rings (SSSR count). The Hall–Kier alpha value is -2.12. The van der Waals surface area contributed by atoms with E-state index in [0.717, 1.165) is 49.7 Å². The SMILES string of the molecule is CC1(O)CCCC2c3c(c4c5oc(c(CCO)c(=O)c5c3OC3CCCC3)C(O)CC(N=C(N)N)CSSC4)OC21. The van der Waals surface area contributed by atoms with Gasteiger partial charge in [-0.05, 0) is 51.9 Å². The van der Waals surface area contributed by atoms with Gasteiger partial charge < -0.3 is 40.7 Å². The molecule has 2 bridgehead atoms. The molecule has 2 aliphatic heterocycles. The van der Waals surface area contributed by atoms with Crippen LogP contribution in [0.15, 0.2) is 14.2 Å². The first-order valence-electron chi connectivity index (χ1n) is 14.6. The number of fused-ring (bicyclic) bond motifs is 5. The number of nitrogens with zero attached hydrogens (tertiary/aromatic N) is 1. The van der Waals surface area contributed by atoms with Crippen molar-refractivity contribution in [3.8, 4) is 11.5 Å². The summed E-state index contributed by atoms with van der Waals surface area (Å²) in [6, 6.07) is -0.405. The molecule has 10 nitrogen and oxygen atoms in total. The van der Waals surface area contributed by atoms with E-state index in [1.165, 1.54) is 0 Å². The van der Waals surface area contributed by atoms with Crippen LogP contribution in [0.2, 0.25) is 0 Å². The number of aliphatic hydroxyl groups is 3. The van der Waals surface area contributed by atoms with E-state index in [-0.39, 0.29) is 54.2 Å². The van der Waals surface area contributed by atoms with Crippen molar-refractivity contribution in [2.45, 2.75) is 106 Å². The normalized spacial score (nSPS) is 30.0. The molecule has 2 aliphatic carbocycles. The Morgan fingerprint density at radius 2 is 1.98 bits per heavy atom. The molecule has 0 radical (unpaired) electrons. The average Bonchev–Trinajstić information content (AvgIpc) is 3.56. The molecule has 1 aromatic carbocycles. The molecule has 224 valence electrons. The molecule has 12 heteroatoms. The highest BCUT2D eigenvalue weighted by atomic mass is 33.1. The van der Waals surface area contributed by atoms with Crippen molar-refractivity contribution < 1.29 is 29.2 Å². The molecule has 7 N–H and O–H groups in total. The van der Waals surface area contributed by atoms with Crippen LogP contribution in [0.1, 0.15) is 92.8 Å². The average molecular weight is 606 g/mol. The lowest BCUT2D eigenvalue weighted by Crippen LogP contribution is -2.47. The van der Waals surface area contributed by atoms with E-state index in [2.05, 4.69) is 4.99 Å².